The van der Waals surface area contributed by atoms with Gasteiger partial charge in [-0.25, -0.2) is 4.98 Å². The van der Waals surface area contributed by atoms with Crippen molar-refractivity contribution >= 4 is 22.9 Å². The summed E-state index contributed by atoms with van der Waals surface area (Å²) in [6, 6.07) is 15.3. The number of rotatable bonds is 4. The first-order valence-corrected chi connectivity index (χ1v) is 8.46. The molecule has 116 valence electrons. The molecule has 0 saturated heterocycles. The number of carbonyl (C=O) groups is 1. The van der Waals surface area contributed by atoms with Crippen LogP contribution < -0.4 is 5.32 Å². The summed E-state index contributed by atoms with van der Waals surface area (Å²) < 4.78 is 0. The molecule has 0 atom stereocenters. The molecule has 1 aromatic heterocycles. The summed E-state index contributed by atoms with van der Waals surface area (Å²) in [5.41, 5.74) is 4.58. The van der Waals surface area contributed by atoms with Crippen LogP contribution in [0.3, 0.4) is 0 Å². The van der Waals surface area contributed by atoms with Crippen LogP contribution in [0.5, 0.6) is 0 Å². The van der Waals surface area contributed by atoms with Gasteiger partial charge in [0.1, 0.15) is 0 Å². The molecule has 0 saturated carbocycles. The molecule has 4 heteroatoms. The Morgan fingerprint density at radius 3 is 2.61 bits per heavy atom. The summed E-state index contributed by atoms with van der Waals surface area (Å²) in [6.45, 7) is 4.10. The molecule has 3 rings (SSSR count). The quantitative estimate of drug-likeness (QED) is 0.739. The zero-order chi connectivity index (χ0) is 16.2. The molecule has 3 nitrogen and oxygen atoms in total. The highest BCUT2D eigenvalue weighted by Gasteiger charge is 2.08. The second kappa shape index (κ2) is 6.75. The molecule has 0 aliphatic rings. The second-order valence-electron chi connectivity index (χ2n) is 5.38. The lowest BCUT2D eigenvalue weighted by atomic mass is 10.1. The summed E-state index contributed by atoms with van der Waals surface area (Å²) in [5.74, 6) is -0.102. The Balaban J connectivity index is 1.75. The van der Waals surface area contributed by atoms with E-state index in [0.717, 1.165) is 33.9 Å². The number of amides is 1. The smallest absolute Gasteiger partial charge is 0.255 e. The van der Waals surface area contributed by atoms with Gasteiger partial charge in [-0.15, -0.1) is 11.3 Å². The third-order valence-corrected chi connectivity index (χ3v) is 4.57. The highest BCUT2D eigenvalue weighted by molar-refractivity contribution is 7.09. The third kappa shape index (κ3) is 3.66. The average molecular weight is 322 g/mol. The summed E-state index contributed by atoms with van der Waals surface area (Å²) in [6.07, 6.45) is 0.946. The van der Waals surface area contributed by atoms with Crippen molar-refractivity contribution in [3.63, 3.8) is 0 Å². The molecule has 0 bridgehead atoms. The Morgan fingerprint density at radius 2 is 1.96 bits per heavy atom. The second-order valence-corrected chi connectivity index (χ2v) is 6.32. The van der Waals surface area contributed by atoms with Crippen molar-refractivity contribution < 1.29 is 4.79 Å². The number of anilines is 1. The van der Waals surface area contributed by atoms with Crippen LogP contribution in [0.25, 0.3) is 11.3 Å². The van der Waals surface area contributed by atoms with Crippen molar-refractivity contribution in [2.24, 2.45) is 0 Å². The van der Waals surface area contributed by atoms with Crippen LogP contribution in [-0.2, 0) is 6.42 Å². The number of carbonyl (C=O) groups excluding carboxylic acids is 1. The lowest BCUT2D eigenvalue weighted by Crippen LogP contribution is -2.11. The van der Waals surface area contributed by atoms with Gasteiger partial charge in [-0.1, -0.05) is 31.2 Å². The van der Waals surface area contributed by atoms with Gasteiger partial charge in [0.15, 0.2) is 0 Å². The Labute approximate surface area is 140 Å². The molecule has 1 amide bonds. The van der Waals surface area contributed by atoms with Crippen molar-refractivity contribution in [3.8, 4) is 11.3 Å². The van der Waals surface area contributed by atoms with Gasteiger partial charge in [0.25, 0.3) is 5.91 Å². The molecule has 23 heavy (non-hydrogen) atoms. The number of thiazole rings is 1. The normalized spacial score (nSPS) is 10.5. The van der Waals surface area contributed by atoms with Gasteiger partial charge in [-0.2, -0.15) is 0 Å². The number of hydrogen-bond donors (Lipinski definition) is 1. The van der Waals surface area contributed by atoms with E-state index < -0.39 is 0 Å². The molecule has 0 fully saturated rings. The predicted molar refractivity (Wildman–Crippen MR) is 96.1 cm³/mol. The number of nitrogens with one attached hydrogen (secondary N) is 1. The van der Waals surface area contributed by atoms with Crippen LogP contribution >= 0.6 is 11.3 Å². The van der Waals surface area contributed by atoms with Crippen LogP contribution in [-0.4, -0.2) is 10.9 Å². The highest BCUT2D eigenvalue weighted by atomic mass is 32.1. The van der Waals surface area contributed by atoms with Gasteiger partial charge in [-0.3, -0.25) is 4.79 Å². The SMILES string of the molecule is CCc1nc(-c2ccc(C(=O)Nc3cccc(C)c3)cc2)cs1. The average Bonchev–Trinajstić information content (AvgIpc) is 3.04. The largest absolute Gasteiger partial charge is 0.322 e. The fourth-order valence-electron chi connectivity index (χ4n) is 2.32. The van der Waals surface area contributed by atoms with Crippen molar-refractivity contribution in [1.82, 2.24) is 4.98 Å². The van der Waals surface area contributed by atoms with Gasteiger partial charge in [0.2, 0.25) is 0 Å². The van der Waals surface area contributed by atoms with E-state index in [9.17, 15) is 4.79 Å². The van der Waals surface area contributed by atoms with E-state index in [1.165, 1.54) is 0 Å². The molecular formula is C19H18N2OS. The van der Waals surface area contributed by atoms with Gasteiger partial charge in [0.05, 0.1) is 10.7 Å². The summed E-state index contributed by atoms with van der Waals surface area (Å²) in [4.78, 5) is 16.9. The molecule has 0 aliphatic heterocycles. The molecule has 3 aromatic rings. The van der Waals surface area contributed by atoms with E-state index in [1.807, 2.05) is 55.5 Å². The van der Waals surface area contributed by atoms with E-state index >= 15 is 0 Å². The van der Waals surface area contributed by atoms with Crippen LogP contribution in [0.2, 0.25) is 0 Å². The molecule has 0 unspecified atom stereocenters. The van der Waals surface area contributed by atoms with E-state index in [4.69, 9.17) is 0 Å². The molecule has 1 N–H and O–H groups in total. The first-order chi connectivity index (χ1) is 11.2. The van der Waals surface area contributed by atoms with Gasteiger partial charge >= 0.3 is 0 Å². The van der Waals surface area contributed by atoms with Crippen LogP contribution in [0, 0.1) is 6.92 Å². The molecule has 1 heterocycles. The topological polar surface area (TPSA) is 42.0 Å². The monoisotopic (exact) mass is 322 g/mol. The van der Waals surface area contributed by atoms with E-state index in [1.54, 1.807) is 11.3 Å². The van der Waals surface area contributed by atoms with Gasteiger partial charge < -0.3 is 5.32 Å². The molecule has 2 aromatic carbocycles. The highest BCUT2D eigenvalue weighted by Crippen LogP contribution is 2.23. The zero-order valence-electron chi connectivity index (χ0n) is 13.2. The van der Waals surface area contributed by atoms with Crippen LogP contribution in [0.4, 0.5) is 5.69 Å². The predicted octanol–water partition coefficient (Wildman–Crippen LogP) is 4.93. The Morgan fingerprint density at radius 1 is 1.17 bits per heavy atom. The number of nitrogens with zero attached hydrogens (tertiary/aromatic N) is 1. The van der Waals surface area contributed by atoms with Crippen LogP contribution in [0.15, 0.2) is 53.9 Å². The number of aryl methyl sites for hydroxylation is 2. The minimum Gasteiger partial charge on any atom is -0.322 e. The maximum Gasteiger partial charge on any atom is 0.255 e. The van der Waals surface area contributed by atoms with Crippen molar-refractivity contribution in [2.45, 2.75) is 20.3 Å². The number of hydrogen-bond acceptors (Lipinski definition) is 3. The first-order valence-electron chi connectivity index (χ1n) is 7.58. The maximum atomic E-state index is 12.3. The van der Waals surface area contributed by atoms with Gasteiger partial charge in [0, 0.05) is 22.2 Å². The zero-order valence-corrected chi connectivity index (χ0v) is 14.0. The lowest BCUT2D eigenvalue weighted by Gasteiger charge is -2.06. The fourth-order valence-corrected chi connectivity index (χ4v) is 3.08. The Hall–Kier alpha value is -2.46. The molecular weight excluding hydrogens is 304 g/mol. The fraction of sp³-hybridized carbons (Fsp3) is 0.158. The molecule has 0 radical (unpaired) electrons. The Kier molecular flexibility index (Phi) is 4.53. The summed E-state index contributed by atoms with van der Waals surface area (Å²) in [7, 11) is 0. The number of aromatic nitrogens is 1. The first kappa shape index (κ1) is 15.4. The van der Waals surface area contributed by atoms with Crippen molar-refractivity contribution in [3.05, 3.63) is 70.0 Å². The van der Waals surface area contributed by atoms with Crippen molar-refractivity contribution in [1.29, 1.82) is 0 Å². The number of benzene rings is 2. The molecule has 0 spiro atoms. The molecule has 0 aliphatic carbocycles. The van der Waals surface area contributed by atoms with Crippen LogP contribution in [0.1, 0.15) is 27.9 Å². The lowest BCUT2D eigenvalue weighted by molar-refractivity contribution is 0.102. The Bertz CT molecular complexity index is 821. The minimum atomic E-state index is -0.102. The van der Waals surface area contributed by atoms with E-state index in [0.29, 0.717) is 5.56 Å². The standard InChI is InChI=1S/C19H18N2OS/c1-3-18-21-17(12-23-18)14-7-9-15(10-8-14)19(22)20-16-6-4-5-13(2)11-16/h4-12H,3H2,1-2H3,(H,20,22). The van der Waals surface area contributed by atoms with E-state index in [2.05, 4.69) is 22.6 Å². The maximum absolute atomic E-state index is 12.3. The summed E-state index contributed by atoms with van der Waals surface area (Å²) >= 11 is 1.67. The van der Waals surface area contributed by atoms with Crippen molar-refractivity contribution in [2.75, 3.05) is 5.32 Å². The third-order valence-electron chi connectivity index (χ3n) is 3.57. The minimum absolute atomic E-state index is 0.102. The summed E-state index contributed by atoms with van der Waals surface area (Å²) in [5, 5.41) is 6.10. The van der Waals surface area contributed by atoms with E-state index in [-0.39, 0.29) is 5.91 Å². The van der Waals surface area contributed by atoms with Gasteiger partial charge in [-0.05, 0) is 43.2 Å².